The van der Waals surface area contributed by atoms with Gasteiger partial charge in [0.15, 0.2) is 11.5 Å². The Labute approximate surface area is 190 Å². The number of amides is 1. The molecule has 0 aromatic heterocycles. The molecule has 2 fully saturated rings. The predicted octanol–water partition coefficient (Wildman–Crippen LogP) is -0.210. The van der Waals surface area contributed by atoms with Gasteiger partial charge in [0.25, 0.3) is 0 Å². The number of benzene rings is 1. The highest BCUT2D eigenvalue weighted by Crippen LogP contribution is 2.55. The summed E-state index contributed by atoms with van der Waals surface area (Å²) in [5.41, 5.74) is 5.94. The Morgan fingerprint density at radius 1 is 1.33 bits per heavy atom. The summed E-state index contributed by atoms with van der Waals surface area (Å²) in [6.45, 7) is 2.29. The van der Waals surface area contributed by atoms with Crippen molar-refractivity contribution >= 4 is 23.4 Å². The zero-order valence-electron chi connectivity index (χ0n) is 18.4. The quantitative estimate of drug-likeness (QED) is 0.499. The smallest absolute Gasteiger partial charge is 0.409 e. The Kier molecular flexibility index (Phi) is 5.11. The summed E-state index contributed by atoms with van der Waals surface area (Å²) in [6, 6.07) is 6.99. The zero-order chi connectivity index (χ0) is 23.5. The van der Waals surface area contributed by atoms with Crippen LogP contribution in [0.15, 0.2) is 40.5 Å². The minimum atomic E-state index is -0.917. The molecular weight excluding hydrogens is 428 g/mol. The van der Waals surface area contributed by atoms with Crippen molar-refractivity contribution in [3.63, 3.8) is 0 Å². The lowest BCUT2D eigenvalue weighted by Crippen LogP contribution is -2.54. The summed E-state index contributed by atoms with van der Waals surface area (Å²) < 4.78 is 10.7. The molecule has 0 saturated carbocycles. The number of Topliss-reactive ketones (excluding diaryl/α,β-unsaturated/α-hetero) is 2. The van der Waals surface area contributed by atoms with Crippen LogP contribution in [0.5, 0.6) is 5.75 Å². The molecule has 4 aliphatic rings. The van der Waals surface area contributed by atoms with Crippen molar-refractivity contribution in [2.45, 2.75) is 31.2 Å². The molecule has 5 unspecified atom stereocenters. The average Bonchev–Trinajstić information content (AvgIpc) is 3.40. The molecule has 33 heavy (non-hydrogen) atoms. The Bertz CT molecular complexity index is 1100. The van der Waals surface area contributed by atoms with Gasteiger partial charge in [0.2, 0.25) is 5.78 Å². The first kappa shape index (κ1) is 21.7. The zero-order valence-corrected chi connectivity index (χ0v) is 18.4. The number of nitrogens with zero attached hydrogens (tertiary/aromatic N) is 2. The third-order valence-electron chi connectivity index (χ3n) is 7.15. The SMILES string of the molecule is COC12C(CO)C3=C(C(=O)C(C)C(=NCCc4ccc(OC(N)=O)cc4)C3=O)N1CC1NC12. The normalized spacial score (nSPS) is 33.3. The summed E-state index contributed by atoms with van der Waals surface area (Å²) in [5.74, 6) is -1.39. The van der Waals surface area contributed by atoms with Crippen molar-refractivity contribution < 1.29 is 29.0 Å². The van der Waals surface area contributed by atoms with Crippen LogP contribution in [-0.2, 0) is 20.7 Å². The summed E-state index contributed by atoms with van der Waals surface area (Å²) in [7, 11) is 1.56. The van der Waals surface area contributed by atoms with Crippen molar-refractivity contribution in [1.82, 2.24) is 10.2 Å². The van der Waals surface area contributed by atoms with E-state index in [1.165, 1.54) is 0 Å². The Morgan fingerprint density at radius 2 is 2.06 bits per heavy atom. The van der Waals surface area contributed by atoms with E-state index >= 15 is 0 Å². The lowest BCUT2D eigenvalue weighted by molar-refractivity contribution is -0.138. The number of rotatable bonds is 6. The molecule has 5 rings (SSSR count). The highest BCUT2D eigenvalue weighted by Gasteiger charge is 2.72. The van der Waals surface area contributed by atoms with E-state index in [1.54, 1.807) is 38.3 Å². The first-order chi connectivity index (χ1) is 15.8. The fraction of sp³-hybridized carbons (Fsp3) is 0.478. The summed E-state index contributed by atoms with van der Waals surface area (Å²) in [5, 5.41) is 13.6. The lowest BCUT2D eigenvalue weighted by Gasteiger charge is -2.39. The maximum atomic E-state index is 13.5. The summed E-state index contributed by atoms with van der Waals surface area (Å²) >= 11 is 0. The van der Waals surface area contributed by atoms with E-state index in [0.717, 1.165) is 5.56 Å². The van der Waals surface area contributed by atoms with E-state index in [0.29, 0.717) is 36.5 Å². The van der Waals surface area contributed by atoms with E-state index in [2.05, 4.69) is 10.3 Å². The minimum Gasteiger partial charge on any atom is -0.411 e. The Hall–Kier alpha value is -3.08. The number of allylic oxidation sites excluding steroid dienone is 1. The van der Waals surface area contributed by atoms with Crippen LogP contribution in [0.25, 0.3) is 0 Å². The maximum Gasteiger partial charge on any atom is 0.409 e. The number of aliphatic hydroxyl groups is 1. The number of hydrogen-bond donors (Lipinski definition) is 3. The molecule has 1 amide bonds. The number of carbonyl (C=O) groups is 3. The van der Waals surface area contributed by atoms with Crippen LogP contribution in [0.4, 0.5) is 4.79 Å². The van der Waals surface area contributed by atoms with Crippen molar-refractivity contribution in [3.8, 4) is 5.75 Å². The van der Waals surface area contributed by atoms with Gasteiger partial charge >= 0.3 is 6.09 Å². The van der Waals surface area contributed by atoms with Crippen LogP contribution in [0.2, 0.25) is 0 Å². The molecule has 0 bridgehead atoms. The number of ketones is 2. The number of fused-ring (bicyclic) bond motifs is 4. The number of ether oxygens (including phenoxy) is 2. The number of nitrogens with one attached hydrogen (secondary N) is 1. The monoisotopic (exact) mass is 454 g/mol. The molecule has 174 valence electrons. The largest absolute Gasteiger partial charge is 0.411 e. The van der Waals surface area contributed by atoms with Crippen LogP contribution >= 0.6 is 0 Å². The highest BCUT2D eigenvalue weighted by atomic mass is 16.5. The molecule has 1 aromatic carbocycles. The molecule has 0 spiro atoms. The van der Waals surface area contributed by atoms with Crippen LogP contribution in [0.1, 0.15) is 12.5 Å². The van der Waals surface area contributed by atoms with Gasteiger partial charge in [-0.1, -0.05) is 12.1 Å². The summed E-state index contributed by atoms with van der Waals surface area (Å²) in [6.07, 6.45) is -0.347. The minimum absolute atomic E-state index is 0.0249. The fourth-order valence-electron chi connectivity index (χ4n) is 5.59. The number of primary amides is 1. The number of hydrogen-bond acceptors (Lipinski definition) is 9. The van der Waals surface area contributed by atoms with Gasteiger partial charge < -0.3 is 30.5 Å². The lowest BCUT2D eigenvalue weighted by atomic mass is 9.78. The first-order valence-electron chi connectivity index (χ1n) is 11.0. The molecule has 10 heteroatoms. The van der Waals surface area contributed by atoms with Gasteiger partial charge in [-0.25, -0.2) is 4.79 Å². The van der Waals surface area contributed by atoms with Crippen molar-refractivity contribution in [2.75, 3.05) is 26.8 Å². The molecule has 10 nitrogen and oxygen atoms in total. The molecule has 5 atom stereocenters. The number of piperazine rings is 1. The van der Waals surface area contributed by atoms with Crippen LogP contribution in [0, 0.1) is 11.8 Å². The second-order valence-corrected chi connectivity index (χ2v) is 8.81. The molecule has 0 radical (unpaired) electrons. The van der Waals surface area contributed by atoms with Gasteiger partial charge in [-0.3, -0.25) is 14.6 Å². The Balaban J connectivity index is 1.38. The predicted molar refractivity (Wildman–Crippen MR) is 117 cm³/mol. The third-order valence-corrected chi connectivity index (χ3v) is 7.15. The van der Waals surface area contributed by atoms with Crippen molar-refractivity contribution in [3.05, 3.63) is 41.1 Å². The topological polar surface area (TPSA) is 153 Å². The fourth-order valence-corrected chi connectivity index (χ4v) is 5.59. The standard InChI is InChI=1S/C23H26N4O6/c1-11-17(25-8-7-12-3-5-13(6-4-12)33-22(24)31)20(30)16-14(10-28)23(32-2)21-15(26-21)9-27(23)18(16)19(11)29/h3-6,11,14-15,21,26,28H,7-10H2,1-2H3,(H2,24,31). The van der Waals surface area contributed by atoms with Crippen molar-refractivity contribution in [1.29, 1.82) is 0 Å². The van der Waals surface area contributed by atoms with E-state index in [1.807, 2.05) is 4.90 Å². The van der Waals surface area contributed by atoms with Gasteiger partial charge in [-0.15, -0.1) is 0 Å². The average molecular weight is 454 g/mol. The first-order valence-corrected chi connectivity index (χ1v) is 11.0. The summed E-state index contributed by atoms with van der Waals surface area (Å²) in [4.78, 5) is 44.1. The van der Waals surface area contributed by atoms with Crippen LogP contribution in [0.3, 0.4) is 0 Å². The number of nitrogens with two attached hydrogens (primary N) is 1. The van der Waals surface area contributed by atoms with Gasteiger partial charge in [-0.05, 0) is 31.0 Å². The number of aliphatic hydroxyl groups excluding tert-OH is 1. The van der Waals surface area contributed by atoms with Gasteiger partial charge in [0.1, 0.15) is 5.75 Å². The third kappa shape index (κ3) is 3.12. The molecule has 3 aliphatic heterocycles. The molecule has 2 saturated heterocycles. The van der Waals surface area contributed by atoms with E-state index in [4.69, 9.17) is 15.2 Å². The molecule has 4 N–H and O–H groups in total. The van der Waals surface area contributed by atoms with Gasteiger partial charge in [-0.2, -0.15) is 0 Å². The Morgan fingerprint density at radius 3 is 2.70 bits per heavy atom. The van der Waals surface area contributed by atoms with E-state index in [-0.39, 0.29) is 36.0 Å². The second kappa shape index (κ2) is 7.75. The maximum absolute atomic E-state index is 13.5. The number of methoxy groups -OCH3 is 1. The van der Waals surface area contributed by atoms with Crippen molar-refractivity contribution in [2.24, 2.45) is 22.6 Å². The molecule has 1 aromatic rings. The van der Waals surface area contributed by atoms with Crippen LogP contribution in [-0.4, -0.2) is 78.0 Å². The molecule has 3 heterocycles. The molecular formula is C23H26N4O6. The highest BCUT2D eigenvalue weighted by molar-refractivity contribution is 6.53. The molecule has 1 aliphatic carbocycles. The number of carbonyl (C=O) groups excluding carboxylic acids is 3. The number of aliphatic imine (C=N–C) groups is 1. The van der Waals surface area contributed by atoms with Gasteiger partial charge in [0, 0.05) is 31.8 Å². The second-order valence-electron chi connectivity index (χ2n) is 8.81. The van der Waals surface area contributed by atoms with Crippen LogP contribution < -0.4 is 15.8 Å². The van der Waals surface area contributed by atoms with E-state index in [9.17, 15) is 19.5 Å². The van der Waals surface area contributed by atoms with Gasteiger partial charge in [0.05, 0.1) is 35.9 Å². The van der Waals surface area contributed by atoms with E-state index < -0.39 is 23.7 Å².